The molecule has 1 rings (SSSR count). The maximum Gasteiger partial charge on any atom is 0.120 e. The summed E-state index contributed by atoms with van der Waals surface area (Å²) >= 11 is 0. The molecule has 0 aliphatic carbocycles. The molecule has 15 heavy (non-hydrogen) atoms. The highest BCUT2D eigenvalue weighted by Crippen LogP contribution is 2.30. The quantitative estimate of drug-likeness (QED) is 0.769. The van der Waals surface area contributed by atoms with Crippen molar-refractivity contribution in [2.45, 2.75) is 39.0 Å². The summed E-state index contributed by atoms with van der Waals surface area (Å²) in [5.41, 5.74) is 2.03. The summed E-state index contributed by atoms with van der Waals surface area (Å²) in [6.45, 7) is 6.11. The van der Waals surface area contributed by atoms with E-state index >= 15 is 0 Å². The van der Waals surface area contributed by atoms with Gasteiger partial charge < -0.3 is 9.90 Å². The fourth-order valence-corrected chi connectivity index (χ4v) is 1.64. The van der Waals surface area contributed by atoms with E-state index in [0.717, 1.165) is 18.3 Å². The Morgan fingerprint density at radius 2 is 2.07 bits per heavy atom. The molecular weight excluding hydrogens is 188 g/mol. The fourth-order valence-electron chi connectivity index (χ4n) is 1.64. The predicted octanol–water partition coefficient (Wildman–Crippen LogP) is 2.96. The summed E-state index contributed by atoms with van der Waals surface area (Å²) in [6, 6.07) is 5.63. The minimum absolute atomic E-state index is 0.0145. The first-order chi connectivity index (χ1) is 6.97. The third-order valence-electron chi connectivity index (χ3n) is 2.87. The van der Waals surface area contributed by atoms with Crippen molar-refractivity contribution >= 4 is 6.29 Å². The van der Waals surface area contributed by atoms with Gasteiger partial charge in [0.2, 0.25) is 0 Å². The highest BCUT2D eigenvalue weighted by Gasteiger charge is 2.20. The van der Waals surface area contributed by atoms with E-state index < -0.39 is 0 Å². The standard InChI is InChI=1S/C13H18O2/c1-10-9-11(5-6-12(10)15)13(2,3)7-4-8-14/h5-6,8-9,15H,4,7H2,1-3H3. The Balaban J connectivity index is 2.93. The molecule has 0 atom stereocenters. The number of phenols is 1. The molecule has 0 bridgehead atoms. The molecule has 1 N–H and O–H groups in total. The lowest BCUT2D eigenvalue weighted by Crippen LogP contribution is -2.17. The number of rotatable bonds is 4. The molecule has 0 saturated carbocycles. The van der Waals surface area contributed by atoms with Gasteiger partial charge in [0.25, 0.3) is 0 Å². The van der Waals surface area contributed by atoms with Crippen LogP contribution < -0.4 is 0 Å². The van der Waals surface area contributed by atoms with E-state index in [1.165, 1.54) is 5.56 Å². The van der Waals surface area contributed by atoms with Crippen LogP contribution in [0.3, 0.4) is 0 Å². The van der Waals surface area contributed by atoms with Gasteiger partial charge in [0.15, 0.2) is 0 Å². The average molecular weight is 206 g/mol. The van der Waals surface area contributed by atoms with E-state index in [4.69, 9.17) is 0 Å². The molecule has 82 valence electrons. The molecule has 0 spiro atoms. The molecular formula is C13H18O2. The monoisotopic (exact) mass is 206 g/mol. The second-order valence-corrected chi connectivity index (χ2v) is 4.59. The SMILES string of the molecule is Cc1cc(C(C)(C)CCC=O)ccc1O. The maximum absolute atomic E-state index is 10.4. The van der Waals surface area contributed by atoms with E-state index in [0.29, 0.717) is 12.2 Å². The zero-order valence-corrected chi connectivity index (χ0v) is 9.58. The van der Waals surface area contributed by atoms with Gasteiger partial charge in [-0.25, -0.2) is 0 Å². The van der Waals surface area contributed by atoms with Gasteiger partial charge in [-0.3, -0.25) is 0 Å². The minimum atomic E-state index is -0.0145. The molecule has 0 unspecified atom stereocenters. The number of carbonyl (C=O) groups is 1. The minimum Gasteiger partial charge on any atom is -0.508 e. The number of hydrogen-bond acceptors (Lipinski definition) is 2. The Morgan fingerprint density at radius 1 is 1.40 bits per heavy atom. The third-order valence-corrected chi connectivity index (χ3v) is 2.87. The predicted molar refractivity (Wildman–Crippen MR) is 61.2 cm³/mol. The van der Waals surface area contributed by atoms with Gasteiger partial charge in [0.1, 0.15) is 12.0 Å². The Labute approximate surface area is 90.9 Å². The largest absolute Gasteiger partial charge is 0.508 e. The number of phenolic OH excluding ortho intramolecular Hbond substituents is 1. The van der Waals surface area contributed by atoms with Crippen LogP contribution in [-0.4, -0.2) is 11.4 Å². The Morgan fingerprint density at radius 3 is 2.60 bits per heavy atom. The molecule has 2 nitrogen and oxygen atoms in total. The van der Waals surface area contributed by atoms with Crippen molar-refractivity contribution in [2.75, 3.05) is 0 Å². The molecule has 0 radical (unpaired) electrons. The Kier molecular flexibility index (Phi) is 3.51. The van der Waals surface area contributed by atoms with Crippen LogP contribution in [0.1, 0.15) is 37.8 Å². The molecule has 1 aromatic carbocycles. The van der Waals surface area contributed by atoms with Crippen molar-refractivity contribution in [3.05, 3.63) is 29.3 Å². The van der Waals surface area contributed by atoms with Crippen molar-refractivity contribution < 1.29 is 9.90 Å². The number of aryl methyl sites for hydroxylation is 1. The average Bonchev–Trinajstić information content (AvgIpc) is 2.19. The molecule has 0 heterocycles. The molecule has 0 aromatic heterocycles. The van der Waals surface area contributed by atoms with Gasteiger partial charge in [-0.15, -0.1) is 0 Å². The lowest BCUT2D eigenvalue weighted by atomic mass is 9.80. The third kappa shape index (κ3) is 2.82. The van der Waals surface area contributed by atoms with E-state index in [2.05, 4.69) is 13.8 Å². The lowest BCUT2D eigenvalue weighted by Gasteiger charge is -2.24. The number of hydrogen-bond donors (Lipinski definition) is 1. The molecule has 0 aliphatic rings. The fraction of sp³-hybridized carbons (Fsp3) is 0.462. The van der Waals surface area contributed by atoms with E-state index in [-0.39, 0.29) is 5.41 Å². The molecule has 0 fully saturated rings. The van der Waals surface area contributed by atoms with Crippen LogP contribution in [0.2, 0.25) is 0 Å². The zero-order valence-electron chi connectivity index (χ0n) is 9.58. The van der Waals surface area contributed by atoms with Crippen molar-refractivity contribution in [3.63, 3.8) is 0 Å². The lowest BCUT2D eigenvalue weighted by molar-refractivity contribution is -0.108. The summed E-state index contributed by atoms with van der Waals surface area (Å²) in [5, 5.41) is 9.43. The van der Waals surface area contributed by atoms with Crippen LogP contribution >= 0.6 is 0 Å². The second kappa shape index (κ2) is 4.47. The van der Waals surface area contributed by atoms with E-state index in [1.807, 2.05) is 19.1 Å². The number of aromatic hydroxyl groups is 1. The summed E-state index contributed by atoms with van der Waals surface area (Å²) in [6.07, 6.45) is 2.36. The molecule has 0 saturated heterocycles. The highest BCUT2D eigenvalue weighted by atomic mass is 16.3. The topological polar surface area (TPSA) is 37.3 Å². The molecule has 2 heteroatoms. The van der Waals surface area contributed by atoms with Crippen molar-refractivity contribution in [1.82, 2.24) is 0 Å². The van der Waals surface area contributed by atoms with Gasteiger partial charge in [-0.2, -0.15) is 0 Å². The summed E-state index contributed by atoms with van der Waals surface area (Å²) < 4.78 is 0. The molecule has 0 amide bonds. The first-order valence-electron chi connectivity index (χ1n) is 5.21. The molecule has 1 aromatic rings. The van der Waals surface area contributed by atoms with Crippen LogP contribution in [0, 0.1) is 6.92 Å². The second-order valence-electron chi connectivity index (χ2n) is 4.59. The van der Waals surface area contributed by atoms with Crippen LogP contribution in [-0.2, 0) is 10.2 Å². The van der Waals surface area contributed by atoms with Crippen LogP contribution in [0.5, 0.6) is 5.75 Å². The van der Waals surface area contributed by atoms with Crippen LogP contribution in [0.25, 0.3) is 0 Å². The Bertz CT molecular complexity index is 354. The van der Waals surface area contributed by atoms with Gasteiger partial charge in [0.05, 0.1) is 0 Å². The van der Waals surface area contributed by atoms with E-state index in [9.17, 15) is 9.90 Å². The van der Waals surface area contributed by atoms with Gasteiger partial charge in [0, 0.05) is 6.42 Å². The van der Waals surface area contributed by atoms with Crippen LogP contribution in [0.4, 0.5) is 0 Å². The number of carbonyl (C=O) groups excluding carboxylic acids is 1. The summed E-state index contributed by atoms with van der Waals surface area (Å²) in [5.74, 6) is 0.324. The van der Waals surface area contributed by atoms with E-state index in [1.54, 1.807) is 6.07 Å². The highest BCUT2D eigenvalue weighted by molar-refractivity contribution is 5.50. The summed E-state index contributed by atoms with van der Waals surface area (Å²) in [4.78, 5) is 10.4. The number of aldehydes is 1. The van der Waals surface area contributed by atoms with Gasteiger partial charge in [-0.05, 0) is 36.0 Å². The first kappa shape index (κ1) is 11.8. The molecule has 0 aliphatic heterocycles. The normalized spacial score (nSPS) is 11.4. The maximum atomic E-state index is 10.4. The summed E-state index contributed by atoms with van der Waals surface area (Å²) in [7, 11) is 0. The first-order valence-corrected chi connectivity index (χ1v) is 5.21. The Hall–Kier alpha value is -1.31. The van der Waals surface area contributed by atoms with Crippen molar-refractivity contribution in [3.8, 4) is 5.75 Å². The van der Waals surface area contributed by atoms with Gasteiger partial charge in [-0.1, -0.05) is 26.0 Å². The van der Waals surface area contributed by atoms with Crippen molar-refractivity contribution in [2.24, 2.45) is 0 Å². The van der Waals surface area contributed by atoms with Crippen molar-refractivity contribution in [1.29, 1.82) is 0 Å². The smallest absolute Gasteiger partial charge is 0.120 e. The van der Waals surface area contributed by atoms with Crippen LogP contribution in [0.15, 0.2) is 18.2 Å². The van der Waals surface area contributed by atoms with Gasteiger partial charge >= 0.3 is 0 Å². The zero-order chi connectivity index (χ0) is 11.5. The number of benzene rings is 1.